The highest BCUT2D eigenvalue weighted by molar-refractivity contribution is 6.07. The quantitative estimate of drug-likeness (QED) is 0.697. The van der Waals surface area contributed by atoms with Gasteiger partial charge >= 0.3 is 0 Å². The largest absolute Gasteiger partial charge is 0.355 e. The fourth-order valence-electron chi connectivity index (χ4n) is 2.49. The lowest BCUT2D eigenvalue weighted by Crippen LogP contribution is -2.30. The predicted octanol–water partition coefficient (Wildman–Crippen LogP) is 2.71. The molecule has 2 amide bonds. The first kappa shape index (κ1) is 18.4. The third-order valence-electron chi connectivity index (χ3n) is 3.87. The smallest absolute Gasteiger partial charge is 0.277 e. The fraction of sp³-hybridized carbons (Fsp3) is 0.263. The Balaban J connectivity index is 1.75. The SMILES string of the molecule is CC(C)CNC(=O)c1c(NC(=O)c2cc(-c3ccccc3)on2)cnn1C. The first-order chi connectivity index (χ1) is 13.0. The number of hydrogen-bond donors (Lipinski definition) is 2. The first-order valence-electron chi connectivity index (χ1n) is 8.59. The summed E-state index contributed by atoms with van der Waals surface area (Å²) in [6.07, 6.45) is 1.43. The van der Waals surface area contributed by atoms with Crippen molar-refractivity contribution in [3.8, 4) is 11.3 Å². The van der Waals surface area contributed by atoms with E-state index in [1.54, 1.807) is 13.1 Å². The molecule has 8 heteroatoms. The van der Waals surface area contributed by atoms with Gasteiger partial charge in [-0.05, 0) is 5.92 Å². The second-order valence-corrected chi connectivity index (χ2v) is 6.53. The van der Waals surface area contributed by atoms with Crippen LogP contribution in [-0.4, -0.2) is 33.3 Å². The highest BCUT2D eigenvalue weighted by Gasteiger charge is 2.21. The molecule has 0 unspecified atom stereocenters. The summed E-state index contributed by atoms with van der Waals surface area (Å²) in [7, 11) is 1.64. The number of rotatable bonds is 6. The number of nitrogens with one attached hydrogen (secondary N) is 2. The molecule has 1 aromatic carbocycles. The van der Waals surface area contributed by atoms with Crippen molar-refractivity contribution in [2.24, 2.45) is 13.0 Å². The van der Waals surface area contributed by atoms with Gasteiger partial charge in [-0.2, -0.15) is 5.10 Å². The summed E-state index contributed by atoms with van der Waals surface area (Å²) in [5.41, 5.74) is 1.52. The Kier molecular flexibility index (Phi) is 5.35. The molecule has 27 heavy (non-hydrogen) atoms. The molecular formula is C19H21N5O3. The Hall–Kier alpha value is -3.42. The molecule has 0 aliphatic heterocycles. The number of carbonyl (C=O) groups is 2. The van der Waals surface area contributed by atoms with Gasteiger partial charge in [-0.15, -0.1) is 0 Å². The van der Waals surface area contributed by atoms with Crippen LogP contribution in [0.5, 0.6) is 0 Å². The summed E-state index contributed by atoms with van der Waals surface area (Å²) in [6.45, 7) is 4.53. The number of benzene rings is 1. The summed E-state index contributed by atoms with van der Waals surface area (Å²) in [4.78, 5) is 24.9. The van der Waals surface area contributed by atoms with Crippen LogP contribution in [-0.2, 0) is 7.05 Å². The molecule has 8 nitrogen and oxygen atoms in total. The van der Waals surface area contributed by atoms with Crippen LogP contribution in [0.15, 0.2) is 47.1 Å². The summed E-state index contributed by atoms with van der Waals surface area (Å²) in [6, 6.07) is 10.9. The second kappa shape index (κ2) is 7.86. The van der Waals surface area contributed by atoms with E-state index in [9.17, 15) is 9.59 Å². The maximum absolute atomic E-state index is 12.5. The van der Waals surface area contributed by atoms with Gasteiger partial charge in [0.15, 0.2) is 11.5 Å². The van der Waals surface area contributed by atoms with Crippen molar-refractivity contribution in [1.82, 2.24) is 20.3 Å². The number of hydrogen-bond acceptors (Lipinski definition) is 5. The number of aromatic nitrogens is 3. The molecule has 0 saturated carbocycles. The summed E-state index contributed by atoms with van der Waals surface area (Å²) >= 11 is 0. The van der Waals surface area contributed by atoms with Crippen molar-refractivity contribution >= 4 is 17.5 Å². The van der Waals surface area contributed by atoms with Crippen LogP contribution < -0.4 is 10.6 Å². The van der Waals surface area contributed by atoms with E-state index in [4.69, 9.17) is 4.52 Å². The van der Waals surface area contributed by atoms with Crippen molar-refractivity contribution in [3.05, 3.63) is 54.0 Å². The van der Waals surface area contributed by atoms with Crippen LogP contribution in [0.2, 0.25) is 0 Å². The van der Waals surface area contributed by atoms with Crippen molar-refractivity contribution in [2.45, 2.75) is 13.8 Å². The number of nitrogens with zero attached hydrogens (tertiary/aromatic N) is 3. The molecule has 0 saturated heterocycles. The Bertz CT molecular complexity index is 943. The molecular weight excluding hydrogens is 346 g/mol. The van der Waals surface area contributed by atoms with Gasteiger partial charge in [-0.1, -0.05) is 49.3 Å². The monoisotopic (exact) mass is 367 g/mol. The van der Waals surface area contributed by atoms with Crippen molar-refractivity contribution in [1.29, 1.82) is 0 Å². The lowest BCUT2D eigenvalue weighted by Gasteiger charge is -2.09. The van der Waals surface area contributed by atoms with E-state index >= 15 is 0 Å². The maximum atomic E-state index is 12.5. The van der Waals surface area contributed by atoms with E-state index in [2.05, 4.69) is 20.9 Å². The number of aryl methyl sites for hydroxylation is 1. The molecule has 3 rings (SSSR count). The van der Waals surface area contributed by atoms with Gasteiger partial charge in [-0.3, -0.25) is 14.3 Å². The van der Waals surface area contributed by atoms with E-state index in [1.165, 1.54) is 10.9 Å². The highest BCUT2D eigenvalue weighted by Crippen LogP contribution is 2.21. The zero-order valence-corrected chi connectivity index (χ0v) is 15.4. The lowest BCUT2D eigenvalue weighted by molar-refractivity contribution is 0.0940. The van der Waals surface area contributed by atoms with Gasteiger partial charge < -0.3 is 15.2 Å². The minimum Gasteiger partial charge on any atom is -0.355 e. The Morgan fingerprint density at radius 3 is 2.63 bits per heavy atom. The highest BCUT2D eigenvalue weighted by atomic mass is 16.5. The maximum Gasteiger partial charge on any atom is 0.277 e. The van der Waals surface area contributed by atoms with Gasteiger partial charge in [0.2, 0.25) is 0 Å². The molecule has 3 aromatic rings. The lowest BCUT2D eigenvalue weighted by atomic mass is 10.1. The summed E-state index contributed by atoms with van der Waals surface area (Å²) < 4.78 is 6.67. The Morgan fingerprint density at radius 2 is 1.93 bits per heavy atom. The fourth-order valence-corrected chi connectivity index (χ4v) is 2.49. The number of amides is 2. The second-order valence-electron chi connectivity index (χ2n) is 6.53. The van der Waals surface area contributed by atoms with Crippen LogP contribution >= 0.6 is 0 Å². The third kappa shape index (κ3) is 4.22. The minimum atomic E-state index is -0.480. The summed E-state index contributed by atoms with van der Waals surface area (Å²) in [5.74, 6) is 0.0181. The van der Waals surface area contributed by atoms with E-state index in [0.717, 1.165) is 5.56 Å². The predicted molar refractivity (Wildman–Crippen MR) is 100 cm³/mol. The molecule has 140 valence electrons. The normalized spacial score (nSPS) is 10.8. The standard InChI is InChI=1S/C19H21N5O3/c1-12(2)10-20-19(26)17-15(11-21-24(17)3)22-18(25)14-9-16(27-23-14)13-7-5-4-6-8-13/h4-9,11-12H,10H2,1-3H3,(H,20,26)(H,22,25). The number of carbonyl (C=O) groups excluding carboxylic acids is 2. The van der Waals surface area contributed by atoms with E-state index in [-0.39, 0.29) is 17.3 Å². The molecule has 2 heterocycles. The summed E-state index contributed by atoms with van der Waals surface area (Å²) in [5, 5.41) is 13.4. The third-order valence-corrected chi connectivity index (χ3v) is 3.87. The van der Waals surface area contributed by atoms with Crippen LogP contribution in [0.3, 0.4) is 0 Å². The van der Waals surface area contributed by atoms with Crippen molar-refractivity contribution in [2.75, 3.05) is 11.9 Å². The van der Waals surface area contributed by atoms with Crippen molar-refractivity contribution in [3.63, 3.8) is 0 Å². The average molecular weight is 367 g/mol. The van der Waals surface area contributed by atoms with E-state index in [1.807, 2.05) is 44.2 Å². The van der Waals surface area contributed by atoms with Crippen LogP contribution in [0.25, 0.3) is 11.3 Å². The minimum absolute atomic E-state index is 0.117. The molecule has 0 fully saturated rings. The molecule has 0 aliphatic rings. The molecule has 0 spiro atoms. The number of anilines is 1. The average Bonchev–Trinajstić information content (AvgIpc) is 3.28. The van der Waals surface area contributed by atoms with Crippen LogP contribution in [0, 0.1) is 5.92 Å². The van der Waals surface area contributed by atoms with Gasteiger partial charge in [0, 0.05) is 25.2 Å². The van der Waals surface area contributed by atoms with Crippen LogP contribution in [0.4, 0.5) is 5.69 Å². The molecule has 0 atom stereocenters. The van der Waals surface area contributed by atoms with E-state index < -0.39 is 5.91 Å². The molecule has 0 aliphatic carbocycles. The molecule has 0 radical (unpaired) electrons. The van der Waals surface area contributed by atoms with E-state index in [0.29, 0.717) is 23.9 Å². The zero-order valence-electron chi connectivity index (χ0n) is 15.4. The Morgan fingerprint density at radius 1 is 1.19 bits per heavy atom. The molecule has 2 aromatic heterocycles. The molecule has 2 N–H and O–H groups in total. The van der Waals surface area contributed by atoms with Crippen LogP contribution in [0.1, 0.15) is 34.8 Å². The topological polar surface area (TPSA) is 102 Å². The van der Waals surface area contributed by atoms with Crippen molar-refractivity contribution < 1.29 is 14.1 Å². The molecule has 0 bridgehead atoms. The van der Waals surface area contributed by atoms with Gasteiger partial charge in [0.1, 0.15) is 5.69 Å². The van der Waals surface area contributed by atoms with Gasteiger partial charge in [0.25, 0.3) is 11.8 Å². The first-order valence-corrected chi connectivity index (χ1v) is 8.59. The zero-order chi connectivity index (χ0) is 19.4. The Labute approximate surface area is 156 Å². The van der Waals surface area contributed by atoms with Gasteiger partial charge in [-0.25, -0.2) is 0 Å². The van der Waals surface area contributed by atoms with Gasteiger partial charge in [0.05, 0.1) is 11.9 Å².